The third-order valence-corrected chi connectivity index (χ3v) is 5.47. The first-order valence-corrected chi connectivity index (χ1v) is 7.90. The molecular weight excluding hydrogens is 317 g/mol. The Morgan fingerprint density at radius 3 is 2.32 bits per heavy atom. The van der Waals surface area contributed by atoms with Crippen LogP contribution in [0.4, 0.5) is 0 Å². The minimum Gasteiger partial charge on any atom is -0.508 e. The van der Waals surface area contributed by atoms with Crippen molar-refractivity contribution in [2.75, 3.05) is 13.1 Å². The van der Waals surface area contributed by atoms with Crippen LogP contribution in [-0.2, 0) is 11.8 Å². The average molecular weight is 336 g/mol. The standard InChI is InChI=1S/C18H18ClNO.ClH/c19-16-5-1-3-14-12(16)11-13-15(4-2-6-17(13)21)18(14)7-9-20-10-8-18;/h1-6,20-21H,7-11H2;1H. The van der Waals surface area contributed by atoms with E-state index in [-0.39, 0.29) is 17.8 Å². The van der Waals surface area contributed by atoms with Gasteiger partial charge in [0.1, 0.15) is 5.75 Å². The van der Waals surface area contributed by atoms with Gasteiger partial charge in [-0.2, -0.15) is 0 Å². The minimum absolute atomic E-state index is 0. The number of rotatable bonds is 0. The maximum absolute atomic E-state index is 10.3. The van der Waals surface area contributed by atoms with Crippen LogP contribution in [0.2, 0.25) is 5.02 Å². The van der Waals surface area contributed by atoms with E-state index in [0.29, 0.717) is 5.75 Å². The van der Waals surface area contributed by atoms with Gasteiger partial charge in [-0.3, -0.25) is 0 Å². The number of piperidine rings is 1. The van der Waals surface area contributed by atoms with Crippen LogP contribution in [0.25, 0.3) is 0 Å². The molecule has 1 fully saturated rings. The van der Waals surface area contributed by atoms with Crippen molar-refractivity contribution in [3.8, 4) is 5.75 Å². The van der Waals surface area contributed by atoms with Crippen LogP contribution in [0.1, 0.15) is 35.1 Å². The van der Waals surface area contributed by atoms with Crippen LogP contribution in [-0.4, -0.2) is 18.2 Å². The highest BCUT2D eigenvalue weighted by molar-refractivity contribution is 6.31. The fourth-order valence-electron chi connectivity index (χ4n) is 4.11. The summed E-state index contributed by atoms with van der Waals surface area (Å²) in [4.78, 5) is 0. The molecule has 0 aromatic heterocycles. The van der Waals surface area contributed by atoms with Crippen molar-refractivity contribution < 1.29 is 5.11 Å². The Kier molecular flexibility index (Phi) is 4.11. The predicted octanol–water partition coefficient (Wildman–Crippen LogP) is 4.04. The van der Waals surface area contributed by atoms with Crippen LogP contribution in [0.3, 0.4) is 0 Å². The number of phenolic OH excluding ortho intramolecular Hbond substituents is 1. The molecule has 1 aliphatic heterocycles. The minimum atomic E-state index is -0.00218. The Labute approximate surface area is 141 Å². The van der Waals surface area contributed by atoms with Crippen molar-refractivity contribution in [1.82, 2.24) is 5.32 Å². The van der Waals surface area contributed by atoms with Crippen LogP contribution in [0.15, 0.2) is 36.4 Å². The summed E-state index contributed by atoms with van der Waals surface area (Å²) in [5, 5.41) is 14.6. The van der Waals surface area contributed by atoms with Crippen LogP contribution >= 0.6 is 24.0 Å². The van der Waals surface area contributed by atoms with Gasteiger partial charge in [0, 0.05) is 22.4 Å². The summed E-state index contributed by atoms with van der Waals surface area (Å²) in [5.41, 5.74) is 4.89. The first-order chi connectivity index (χ1) is 10.2. The number of benzene rings is 2. The molecule has 1 aliphatic carbocycles. The largest absolute Gasteiger partial charge is 0.508 e. The second kappa shape index (κ2) is 5.77. The molecule has 22 heavy (non-hydrogen) atoms. The van der Waals surface area contributed by atoms with E-state index < -0.39 is 0 Å². The quantitative estimate of drug-likeness (QED) is 0.761. The van der Waals surface area contributed by atoms with E-state index in [9.17, 15) is 5.11 Å². The molecule has 2 aromatic carbocycles. The lowest BCUT2D eigenvalue weighted by atomic mass is 9.62. The Balaban J connectivity index is 0.00000144. The average Bonchev–Trinajstić information content (AvgIpc) is 2.51. The summed E-state index contributed by atoms with van der Waals surface area (Å²) >= 11 is 6.47. The molecule has 4 rings (SSSR count). The summed E-state index contributed by atoms with van der Waals surface area (Å²) in [6.07, 6.45) is 2.83. The predicted molar refractivity (Wildman–Crippen MR) is 92.5 cm³/mol. The number of hydrogen-bond donors (Lipinski definition) is 2. The zero-order valence-corrected chi connectivity index (χ0v) is 13.8. The molecule has 0 radical (unpaired) electrons. The van der Waals surface area contributed by atoms with E-state index in [2.05, 4.69) is 23.5 Å². The third kappa shape index (κ3) is 2.13. The number of phenols is 1. The number of halogens is 2. The van der Waals surface area contributed by atoms with Gasteiger partial charge in [0.25, 0.3) is 0 Å². The summed E-state index contributed by atoms with van der Waals surface area (Å²) in [7, 11) is 0. The van der Waals surface area contributed by atoms with Gasteiger partial charge in [-0.25, -0.2) is 0 Å². The molecule has 0 unspecified atom stereocenters. The molecule has 0 amide bonds. The lowest BCUT2D eigenvalue weighted by Gasteiger charge is -2.44. The number of hydrogen-bond acceptors (Lipinski definition) is 2. The summed E-state index contributed by atoms with van der Waals surface area (Å²) < 4.78 is 0. The molecule has 0 saturated carbocycles. The molecule has 1 spiro atoms. The molecule has 0 bridgehead atoms. The van der Waals surface area contributed by atoms with Crippen LogP contribution in [0, 0.1) is 0 Å². The molecule has 2 nitrogen and oxygen atoms in total. The van der Waals surface area contributed by atoms with E-state index in [1.165, 1.54) is 16.7 Å². The fraction of sp³-hybridized carbons (Fsp3) is 0.333. The fourth-order valence-corrected chi connectivity index (χ4v) is 4.35. The lowest BCUT2D eigenvalue weighted by molar-refractivity contribution is 0.350. The summed E-state index contributed by atoms with van der Waals surface area (Å²) in [5.74, 6) is 0.399. The third-order valence-electron chi connectivity index (χ3n) is 5.11. The van der Waals surface area contributed by atoms with Gasteiger partial charge < -0.3 is 10.4 Å². The highest BCUT2D eigenvalue weighted by Gasteiger charge is 2.42. The Bertz CT molecular complexity index is 655. The molecule has 2 N–H and O–H groups in total. The molecule has 1 saturated heterocycles. The molecule has 2 aliphatic rings. The first-order valence-electron chi connectivity index (χ1n) is 7.52. The highest BCUT2D eigenvalue weighted by Crippen LogP contribution is 2.50. The topological polar surface area (TPSA) is 32.3 Å². The Morgan fingerprint density at radius 2 is 1.59 bits per heavy atom. The van der Waals surface area contributed by atoms with Crippen LogP contribution < -0.4 is 5.32 Å². The molecule has 4 heteroatoms. The van der Waals surface area contributed by atoms with Gasteiger partial charge in [0.05, 0.1) is 0 Å². The van der Waals surface area contributed by atoms with Crippen molar-refractivity contribution >= 4 is 24.0 Å². The normalized spacial score (nSPS) is 18.2. The van der Waals surface area contributed by atoms with E-state index in [1.807, 2.05) is 12.1 Å². The van der Waals surface area contributed by atoms with E-state index >= 15 is 0 Å². The summed E-state index contributed by atoms with van der Waals surface area (Å²) in [6.45, 7) is 2.00. The maximum atomic E-state index is 10.3. The highest BCUT2D eigenvalue weighted by atomic mass is 35.5. The van der Waals surface area contributed by atoms with Crippen molar-refractivity contribution in [2.24, 2.45) is 0 Å². The molecular formula is C18H19Cl2NO. The van der Waals surface area contributed by atoms with Gasteiger partial charge in [-0.15, -0.1) is 12.4 Å². The van der Waals surface area contributed by atoms with Crippen molar-refractivity contribution in [1.29, 1.82) is 0 Å². The Hall–Kier alpha value is -1.22. The first kappa shape index (κ1) is 15.7. The second-order valence-electron chi connectivity index (χ2n) is 6.08. The summed E-state index contributed by atoms with van der Waals surface area (Å²) in [6, 6.07) is 12.2. The zero-order valence-electron chi connectivity index (χ0n) is 12.2. The van der Waals surface area contributed by atoms with E-state index in [1.54, 1.807) is 6.07 Å². The van der Waals surface area contributed by atoms with Crippen molar-refractivity contribution in [2.45, 2.75) is 24.7 Å². The zero-order chi connectivity index (χ0) is 14.4. The van der Waals surface area contributed by atoms with Crippen molar-refractivity contribution in [3.63, 3.8) is 0 Å². The van der Waals surface area contributed by atoms with Gasteiger partial charge in [-0.1, -0.05) is 35.9 Å². The van der Waals surface area contributed by atoms with Gasteiger partial charge in [-0.05, 0) is 54.8 Å². The second-order valence-corrected chi connectivity index (χ2v) is 6.49. The smallest absolute Gasteiger partial charge is 0.119 e. The molecule has 0 atom stereocenters. The number of nitrogens with one attached hydrogen (secondary N) is 1. The molecule has 1 heterocycles. The SMILES string of the molecule is Cl.Oc1cccc2c1Cc1c(Cl)cccc1C21CCNCC1. The van der Waals surface area contributed by atoms with Gasteiger partial charge in [0.15, 0.2) is 0 Å². The number of aromatic hydroxyl groups is 1. The number of fused-ring (bicyclic) bond motifs is 4. The monoisotopic (exact) mass is 335 g/mol. The van der Waals surface area contributed by atoms with Gasteiger partial charge >= 0.3 is 0 Å². The van der Waals surface area contributed by atoms with Crippen molar-refractivity contribution in [3.05, 3.63) is 63.7 Å². The molecule has 2 aromatic rings. The molecule has 116 valence electrons. The van der Waals surface area contributed by atoms with Gasteiger partial charge in [0.2, 0.25) is 0 Å². The van der Waals surface area contributed by atoms with E-state index in [0.717, 1.165) is 42.9 Å². The van der Waals surface area contributed by atoms with Crippen LogP contribution in [0.5, 0.6) is 5.75 Å². The lowest BCUT2D eigenvalue weighted by Crippen LogP contribution is -2.43. The van der Waals surface area contributed by atoms with E-state index in [4.69, 9.17) is 11.6 Å². The Morgan fingerprint density at radius 1 is 0.955 bits per heavy atom. The maximum Gasteiger partial charge on any atom is 0.119 e.